The maximum absolute atomic E-state index is 9.89. The summed E-state index contributed by atoms with van der Waals surface area (Å²) in [6.07, 6.45) is 1.31. The Labute approximate surface area is 115 Å². The molecule has 1 heterocycles. The Kier molecular flexibility index (Phi) is 5.67. The van der Waals surface area contributed by atoms with Crippen LogP contribution in [0.25, 0.3) is 0 Å². The number of hydrogen-bond donors (Lipinski definition) is 1. The first-order chi connectivity index (χ1) is 8.42. The van der Waals surface area contributed by atoms with Gasteiger partial charge < -0.3 is 5.11 Å². The first kappa shape index (κ1) is 15.5. The van der Waals surface area contributed by atoms with Crippen LogP contribution in [-0.4, -0.2) is 21.0 Å². The molecule has 2 atom stereocenters. The molecular weight excluding hydrogens is 248 g/mol. The molecule has 0 amide bonds. The fraction of sp³-hybridized carbons (Fsp3) is 0.786. The van der Waals surface area contributed by atoms with Gasteiger partial charge in [-0.25, -0.2) is 0 Å². The largest absolute Gasteiger partial charge is 0.393 e. The molecule has 0 saturated carbocycles. The molecule has 2 unspecified atom stereocenters. The van der Waals surface area contributed by atoms with Crippen molar-refractivity contribution in [2.45, 2.75) is 60.1 Å². The Bertz CT molecular complexity index is 377. The number of hydrogen-bond acceptors (Lipinski definition) is 2. The van der Waals surface area contributed by atoms with Crippen LogP contribution in [0.15, 0.2) is 0 Å². The Morgan fingerprint density at radius 2 is 1.89 bits per heavy atom. The Hall–Kier alpha value is -0.540. The highest BCUT2D eigenvalue weighted by molar-refractivity contribution is 6.31. The number of aliphatic hydroxyl groups is 1. The van der Waals surface area contributed by atoms with Crippen molar-refractivity contribution in [3.05, 3.63) is 16.4 Å². The first-order valence-electron chi connectivity index (χ1n) is 6.84. The van der Waals surface area contributed by atoms with Gasteiger partial charge in [0.05, 0.1) is 22.5 Å². The summed E-state index contributed by atoms with van der Waals surface area (Å²) in [6, 6.07) is 0. The smallest absolute Gasteiger partial charge is 0.0849 e. The molecule has 0 aliphatic heterocycles. The maximum atomic E-state index is 9.89. The molecule has 4 heteroatoms. The molecule has 0 radical (unpaired) electrons. The Balaban J connectivity index is 3.04. The fourth-order valence-electron chi connectivity index (χ4n) is 2.40. The van der Waals surface area contributed by atoms with E-state index in [9.17, 15) is 5.11 Å². The third-order valence-corrected chi connectivity index (χ3v) is 4.04. The zero-order valence-corrected chi connectivity index (χ0v) is 12.8. The van der Waals surface area contributed by atoms with Crippen molar-refractivity contribution in [3.63, 3.8) is 0 Å². The lowest BCUT2D eigenvalue weighted by Gasteiger charge is -2.24. The lowest BCUT2D eigenvalue weighted by Crippen LogP contribution is -2.25. The minimum atomic E-state index is -0.327. The zero-order chi connectivity index (χ0) is 13.9. The normalized spacial score (nSPS) is 15.1. The molecule has 104 valence electrons. The Morgan fingerprint density at radius 1 is 1.28 bits per heavy atom. The van der Waals surface area contributed by atoms with E-state index in [2.05, 4.69) is 32.8 Å². The Morgan fingerprint density at radius 3 is 2.28 bits per heavy atom. The molecule has 0 fully saturated rings. The monoisotopic (exact) mass is 272 g/mol. The van der Waals surface area contributed by atoms with Gasteiger partial charge in [0.1, 0.15) is 0 Å². The minimum Gasteiger partial charge on any atom is -0.393 e. The fourth-order valence-corrected chi connectivity index (χ4v) is 2.74. The van der Waals surface area contributed by atoms with E-state index in [1.54, 1.807) is 0 Å². The number of aromatic nitrogens is 2. The van der Waals surface area contributed by atoms with Crippen LogP contribution in [0.5, 0.6) is 0 Å². The summed E-state index contributed by atoms with van der Waals surface area (Å²) in [4.78, 5) is 0. The number of aryl methyl sites for hydroxylation is 2. The van der Waals surface area contributed by atoms with Gasteiger partial charge in [-0.1, -0.05) is 32.4 Å². The molecule has 0 aliphatic carbocycles. The molecule has 3 nitrogen and oxygen atoms in total. The highest BCUT2D eigenvalue weighted by Gasteiger charge is 2.24. The molecule has 1 aromatic rings. The summed E-state index contributed by atoms with van der Waals surface area (Å²) in [6.45, 7) is 11.1. The van der Waals surface area contributed by atoms with Crippen LogP contribution in [0.2, 0.25) is 5.02 Å². The van der Waals surface area contributed by atoms with E-state index in [1.807, 2.05) is 11.6 Å². The number of rotatable bonds is 6. The molecule has 0 bridgehead atoms. The van der Waals surface area contributed by atoms with Crippen molar-refractivity contribution in [2.75, 3.05) is 0 Å². The van der Waals surface area contributed by atoms with Gasteiger partial charge in [0, 0.05) is 6.54 Å². The molecule has 1 N–H and O–H groups in total. The summed E-state index contributed by atoms with van der Waals surface area (Å²) in [5.74, 6) is 0.639. The summed E-state index contributed by atoms with van der Waals surface area (Å²) in [5, 5.41) is 15.2. The predicted octanol–water partition coefficient (Wildman–Crippen LogP) is 3.31. The highest BCUT2D eigenvalue weighted by atomic mass is 35.5. The summed E-state index contributed by atoms with van der Waals surface area (Å²) in [5.41, 5.74) is 2.03. The maximum Gasteiger partial charge on any atom is 0.0849 e. The summed E-state index contributed by atoms with van der Waals surface area (Å²) in [7, 11) is 0. The molecule has 18 heavy (non-hydrogen) atoms. The van der Waals surface area contributed by atoms with E-state index in [0.717, 1.165) is 35.8 Å². The van der Waals surface area contributed by atoms with Crippen molar-refractivity contribution >= 4 is 11.6 Å². The van der Waals surface area contributed by atoms with Crippen LogP contribution >= 0.6 is 11.6 Å². The molecular formula is C14H25ClN2O. The van der Waals surface area contributed by atoms with Gasteiger partial charge in [0.15, 0.2) is 0 Å². The third kappa shape index (κ3) is 3.27. The molecule has 0 aliphatic rings. The van der Waals surface area contributed by atoms with Crippen LogP contribution in [0.3, 0.4) is 0 Å². The predicted molar refractivity (Wildman–Crippen MR) is 76.0 cm³/mol. The number of halogens is 1. The van der Waals surface area contributed by atoms with Crippen molar-refractivity contribution in [1.29, 1.82) is 0 Å². The lowest BCUT2D eigenvalue weighted by molar-refractivity contribution is 0.0963. The van der Waals surface area contributed by atoms with E-state index < -0.39 is 0 Å². The third-order valence-electron chi connectivity index (χ3n) is 3.60. The topological polar surface area (TPSA) is 38.0 Å². The lowest BCUT2D eigenvalue weighted by atomic mass is 9.87. The zero-order valence-electron chi connectivity index (χ0n) is 12.1. The van der Waals surface area contributed by atoms with E-state index in [0.29, 0.717) is 5.92 Å². The first-order valence-corrected chi connectivity index (χ1v) is 7.22. The summed E-state index contributed by atoms with van der Waals surface area (Å²) < 4.78 is 1.97. The van der Waals surface area contributed by atoms with Gasteiger partial charge in [0.2, 0.25) is 0 Å². The molecule has 0 spiro atoms. The molecule has 1 rings (SSSR count). The van der Waals surface area contributed by atoms with Crippen molar-refractivity contribution in [2.24, 2.45) is 11.8 Å². The van der Waals surface area contributed by atoms with Crippen molar-refractivity contribution < 1.29 is 5.11 Å². The van der Waals surface area contributed by atoms with Crippen molar-refractivity contribution in [1.82, 2.24) is 9.78 Å². The number of nitrogens with zero attached hydrogens (tertiary/aromatic N) is 2. The molecule has 0 saturated heterocycles. The van der Waals surface area contributed by atoms with Crippen molar-refractivity contribution in [3.8, 4) is 0 Å². The number of aliphatic hydroxyl groups excluding tert-OH is 1. The van der Waals surface area contributed by atoms with Gasteiger partial charge in [0.25, 0.3) is 0 Å². The van der Waals surface area contributed by atoms with Crippen LogP contribution in [0.1, 0.15) is 46.0 Å². The van der Waals surface area contributed by atoms with Gasteiger partial charge in [-0.15, -0.1) is 0 Å². The van der Waals surface area contributed by atoms with E-state index in [1.165, 1.54) is 0 Å². The second-order valence-corrected chi connectivity index (χ2v) is 5.61. The van der Waals surface area contributed by atoms with Gasteiger partial charge in [-0.3, -0.25) is 4.68 Å². The van der Waals surface area contributed by atoms with Gasteiger partial charge in [-0.05, 0) is 38.5 Å². The quantitative estimate of drug-likeness (QED) is 0.863. The minimum absolute atomic E-state index is 0.217. The highest BCUT2D eigenvalue weighted by Crippen LogP contribution is 2.28. The summed E-state index contributed by atoms with van der Waals surface area (Å²) >= 11 is 6.40. The standard InChI is InChI=1S/C14H25ClN2O/c1-6-12-14(15)13(17(7-2)16-12)8-11(9(3)4)10(5)18/h9-11,18H,6-8H2,1-5H3. The second kappa shape index (κ2) is 6.58. The van der Waals surface area contributed by atoms with Crippen LogP contribution in [0.4, 0.5) is 0 Å². The van der Waals surface area contributed by atoms with Crippen LogP contribution in [-0.2, 0) is 19.4 Å². The van der Waals surface area contributed by atoms with E-state index in [-0.39, 0.29) is 12.0 Å². The van der Waals surface area contributed by atoms with Gasteiger partial charge in [-0.2, -0.15) is 5.10 Å². The average Bonchev–Trinajstić information content (AvgIpc) is 2.61. The average molecular weight is 273 g/mol. The SMILES string of the molecule is CCc1nn(CC)c(CC(C(C)C)C(C)O)c1Cl. The molecule has 1 aromatic heterocycles. The second-order valence-electron chi connectivity index (χ2n) is 5.23. The van der Waals surface area contributed by atoms with E-state index >= 15 is 0 Å². The van der Waals surface area contributed by atoms with E-state index in [4.69, 9.17) is 11.6 Å². The van der Waals surface area contributed by atoms with Crippen LogP contribution in [0, 0.1) is 11.8 Å². The van der Waals surface area contributed by atoms with Crippen LogP contribution < -0.4 is 0 Å². The molecule has 0 aromatic carbocycles. The van der Waals surface area contributed by atoms with Gasteiger partial charge >= 0.3 is 0 Å².